The van der Waals surface area contributed by atoms with E-state index in [1.165, 1.54) is 44.6 Å². The van der Waals surface area contributed by atoms with Crippen LogP contribution in [0.5, 0.6) is 0 Å². The molecule has 0 aromatic heterocycles. The Labute approximate surface area is 214 Å². The molecule has 4 bridgehead atoms. The van der Waals surface area contributed by atoms with Gasteiger partial charge in [0.1, 0.15) is 0 Å². The highest BCUT2D eigenvalue weighted by Gasteiger charge is 2.51. The van der Waals surface area contributed by atoms with Crippen LogP contribution < -0.4 is 10.6 Å². The van der Waals surface area contributed by atoms with Crippen LogP contribution in [0, 0.1) is 35.0 Å². The van der Waals surface area contributed by atoms with Gasteiger partial charge in [0.25, 0.3) is 5.91 Å². The molecule has 5 saturated carbocycles. The molecule has 36 heavy (non-hydrogen) atoms. The Bertz CT molecular complexity index is 1110. The van der Waals surface area contributed by atoms with Gasteiger partial charge in [-0.15, -0.1) is 0 Å². The van der Waals surface area contributed by atoms with Crippen molar-refractivity contribution >= 4 is 21.8 Å². The van der Waals surface area contributed by atoms with E-state index in [1.54, 1.807) is 28.6 Å². The van der Waals surface area contributed by atoms with Crippen molar-refractivity contribution in [3.8, 4) is 0 Å². The number of rotatable bonds is 7. The molecule has 7 nitrogen and oxygen atoms in total. The second kappa shape index (κ2) is 8.98. The van der Waals surface area contributed by atoms with Crippen LogP contribution in [0.2, 0.25) is 0 Å². The molecule has 194 valence electrons. The molecule has 2 amide bonds. The van der Waals surface area contributed by atoms with E-state index in [0.29, 0.717) is 18.7 Å². The second-order valence-corrected chi connectivity index (χ2v) is 14.3. The predicted octanol–water partition coefficient (Wildman–Crippen LogP) is 3.33. The van der Waals surface area contributed by atoms with Crippen molar-refractivity contribution in [3.05, 3.63) is 42.5 Å². The van der Waals surface area contributed by atoms with Gasteiger partial charge in [0, 0.05) is 31.2 Å². The van der Waals surface area contributed by atoms with Crippen molar-refractivity contribution in [2.24, 2.45) is 35.0 Å². The summed E-state index contributed by atoms with van der Waals surface area (Å²) in [4.78, 5) is 24.7. The molecule has 1 aliphatic heterocycles. The molecular weight excluding hydrogens is 474 g/mol. The van der Waals surface area contributed by atoms with Crippen molar-refractivity contribution in [1.82, 2.24) is 14.9 Å². The zero-order chi connectivity index (χ0) is 25.1. The Morgan fingerprint density at radius 3 is 2.03 bits per heavy atom. The van der Waals surface area contributed by atoms with Crippen LogP contribution >= 0.6 is 0 Å². The van der Waals surface area contributed by atoms with Gasteiger partial charge in [-0.05, 0) is 117 Å². The summed E-state index contributed by atoms with van der Waals surface area (Å²) in [6.45, 7) is 5.18. The Morgan fingerprint density at radius 1 is 0.944 bits per heavy atom. The molecular formula is C28H37N3O4S. The molecule has 0 radical (unpaired) electrons. The lowest BCUT2D eigenvalue weighted by molar-refractivity contribution is -0.117. The molecule has 5 aliphatic carbocycles. The van der Waals surface area contributed by atoms with E-state index >= 15 is 0 Å². The van der Waals surface area contributed by atoms with Gasteiger partial charge in [0.05, 0.1) is 4.90 Å². The standard InChI is InChI=1S/C28H37N3O4S/c1-2-26(32)30-24-10-22-15-31(16-23(22)11-24)36(34,35)25-5-3-21(4-6-25)27(33)29-17-28-12-18-7-19(13-28)9-20(8-18)14-28/h2-6,18-20,22-24H,1,7-17H2,(H,29,33)(H,30,32). The molecule has 1 aromatic carbocycles. The topological polar surface area (TPSA) is 95.6 Å². The van der Waals surface area contributed by atoms with E-state index in [2.05, 4.69) is 17.2 Å². The summed E-state index contributed by atoms with van der Waals surface area (Å²) in [5, 5.41) is 6.13. The van der Waals surface area contributed by atoms with Gasteiger partial charge >= 0.3 is 0 Å². The maximum absolute atomic E-state index is 13.3. The van der Waals surface area contributed by atoms with Crippen molar-refractivity contribution in [2.45, 2.75) is 62.3 Å². The van der Waals surface area contributed by atoms with Crippen LogP contribution in [0.4, 0.5) is 0 Å². The summed E-state index contributed by atoms with van der Waals surface area (Å²) >= 11 is 0. The van der Waals surface area contributed by atoms with Gasteiger partial charge in [-0.3, -0.25) is 9.59 Å². The quantitative estimate of drug-likeness (QED) is 0.549. The molecule has 2 atom stereocenters. The fourth-order valence-corrected chi connectivity index (χ4v) is 10.2. The number of sulfonamides is 1. The van der Waals surface area contributed by atoms with Crippen molar-refractivity contribution < 1.29 is 18.0 Å². The van der Waals surface area contributed by atoms with Crippen LogP contribution in [-0.2, 0) is 14.8 Å². The Kier molecular flexibility index (Phi) is 6.03. The zero-order valence-electron chi connectivity index (χ0n) is 20.8. The van der Waals surface area contributed by atoms with E-state index in [1.807, 2.05) is 0 Å². The smallest absolute Gasteiger partial charge is 0.251 e. The fraction of sp³-hybridized carbons (Fsp3) is 0.643. The first kappa shape index (κ1) is 24.2. The minimum Gasteiger partial charge on any atom is -0.351 e. The highest BCUT2D eigenvalue weighted by Crippen LogP contribution is 2.59. The average Bonchev–Trinajstić information content (AvgIpc) is 3.41. The molecule has 1 aromatic rings. The SMILES string of the molecule is C=CC(=O)NC1CC2CN(S(=O)(=O)c3ccc(C(=O)NCC45CC6CC(CC(C6)C4)C5)cc3)CC2C1. The van der Waals surface area contributed by atoms with Crippen molar-refractivity contribution in [3.63, 3.8) is 0 Å². The van der Waals surface area contributed by atoms with E-state index < -0.39 is 10.0 Å². The number of nitrogens with one attached hydrogen (secondary N) is 2. The molecule has 7 rings (SSSR count). The number of hydrogen-bond donors (Lipinski definition) is 2. The van der Waals surface area contributed by atoms with Gasteiger partial charge in [-0.1, -0.05) is 6.58 Å². The normalized spacial score (nSPS) is 37.0. The maximum Gasteiger partial charge on any atom is 0.251 e. The Hall–Kier alpha value is -2.19. The van der Waals surface area contributed by atoms with Crippen LogP contribution in [0.25, 0.3) is 0 Å². The average molecular weight is 512 g/mol. The zero-order valence-corrected chi connectivity index (χ0v) is 21.6. The third kappa shape index (κ3) is 4.40. The fourth-order valence-electron chi connectivity index (χ4n) is 8.63. The van der Waals surface area contributed by atoms with Crippen molar-refractivity contribution in [1.29, 1.82) is 0 Å². The van der Waals surface area contributed by atoms with E-state index in [4.69, 9.17) is 0 Å². The third-order valence-corrected chi connectivity index (χ3v) is 11.6. The van der Waals surface area contributed by atoms with Crippen LogP contribution in [-0.4, -0.2) is 50.2 Å². The van der Waals surface area contributed by atoms with Crippen LogP contribution in [0.15, 0.2) is 41.8 Å². The number of carbonyl (C=O) groups is 2. The van der Waals surface area contributed by atoms with Gasteiger partial charge in [0.15, 0.2) is 0 Å². The summed E-state index contributed by atoms with van der Waals surface area (Å²) < 4.78 is 28.1. The lowest BCUT2D eigenvalue weighted by Gasteiger charge is -2.56. The summed E-state index contributed by atoms with van der Waals surface area (Å²) in [6.07, 6.45) is 10.7. The predicted molar refractivity (Wildman–Crippen MR) is 136 cm³/mol. The highest BCUT2D eigenvalue weighted by molar-refractivity contribution is 7.89. The number of nitrogens with zero attached hydrogens (tertiary/aromatic N) is 1. The van der Waals surface area contributed by atoms with Crippen LogP contribution in [0.1, 0.15) is 61.7 Å². The van der Waals surface area contributed by atoms with Crippen molar-refractivity contribution in [2.75, 3.05) is 19.6 Å². The molecule has 6 aliphatic rings. The minimum absolute atomic E-state index is 0.0894. The molecule has 8 heteroatoms. The second-order valence-electron chi connectivity index (χ2n) is 12.3. The summed E-state index contributed by atoms with van der Waals surface area (Å²) in [5.41, 5.74) is 0.785. The monoisotopic (exact) mass is 511 g/mol. The minimum atomic E-state index is -3.61. The first-order valence-electron chi connectivity index (χ1n) is 13.5. The number of fused-ring (bicyclic) bond motifs is 1. The lowest BCUT2D eigenvalue weighted by atomic mass is 9.49. The highest BCUT2D eigenvalue weighted by atomic mass is 32.2. The Balaban J connectivity index is 1.05. The molecule has 6 fully saturated rings. The van der Waals surface area contributed by atoms with E-state index in [-0.39, 0.29) is 40.0 Å². The lowest BCUT2D eigenvalue weighted by Crippen LogP contribution is -2.51. The van der Waals surface area contributed by atoms with E-state index in [0.717, 1.165) is 37.1 Å². The summed E-state index contributed by atoms with van der Waals surface area (Å²) in [6, 6.07) is 6.50. The molecule has 0 spiro atoms. The first-order valence-corrected chi connectivity index (χ1v) is 15.0. The van der Waals surface area contributed by atoms with Gasteiger partial charge in [0.2, 0.25) is 15.9 Å². The summed E-state index contributed by atoms with van der Waals surface area (Å²) in [7, 11) is -3.61. The number of amides is 2. The first-order chi connectivity index (χ1) is 17.2. The Morgan fingerprint density at radius 2 is 1.50 bits per heavy atom. The number of carbonyl (C=O) groups excluding carboxylic acids is 2. The van der Waals surface area contributed by atoms with Gasteiger partial charge < -0.3 is 10.6 Å². The molecule has 1 heterocycles. The number of benzene rings is 1. The molecule has 2 unspecified atom stereocenters. The molecule has 1 saturated heterocycles. The third-order valence-electron chi connectivity index (χ3n) is 9.79. The van der Waals surface area contributed by atoms with Crippen LogP contribution in [0.3, 0.4) is 0 Å². The van der Waals surface area contributed by atoms with E-state index in [9.17, 15) is 18.0 Å². The number of hydrogen-bond acceptors (Lipinski definition) is 4. The molecule has 2 N–H and O–H groups in total. The largest absolute Gasteiger partial charge is 0.351 e. The maximum atomic E-state index is 13.3. The van der Waals surface area contributed by atoms with Gasteiger partial charge in [-0.25, -0.2) is 8.42 Å². The summed E-state index contributed by atoms with van der Waals surface area (Å²) in [5.74, 6) is 2.76. The van der Waals surface area contributed by atoms with Gasteiger partial charge in [-0.2, -0.15) is 4.31 Å².